The highest BCUT2D eigenvalue weighted by Crippen LogP contribution is 2.35. The molecular weight excluding hydrogens is 356 g/mol. The molecule has 1 amide bonds. The molecule has 1 aliphatic rings. The van der Waals surface area contributed by atoms with Crippen LogP contribution in [0.4, 0.5) is 0 Å². The fraction of sp³-hybridized carbons (Fsp3) is 0.333. The van der Waals surface area contributed by atoms with E-state index in [-0.39, 0.29) is 11.3 Å². The summed E-state index contributed by atoms with van der Waals surface area (Å²) in [6.45, 7) is 2.04. The van der Waals surface area contributed by atoms with Crippen LogP contribution in [0.1, 0.15) is 28.8 Å². The predicted octanol–water partition coefficient (Wildman–Crippen LogP) is 3.32. The molecule has 2 heterocycles. The molecule has 0 saturated carbocycles. The van der Waals surface area contributed by atoms with Crippen LogP contribution in [0, 0.1) is 0 Å². The molecule has 2 aromatic rings. The van der Waals surface area contributed by atoms with Crippen LogP contribution >= 0.6 is 15.9 Å². The third-order valence-electron chi connectivity index (χ3n) is 4.42. The zero-order valence-electron chi connectivity index (χ0n) is 12.8. The average Bonchev–Trinajstić information content (AvgIpc) is 2.61. The second-order valence-corrected chi connectivity index (χ2v) is 6.74. The number of carbonyl (C=O) groups excluding carboxylic acids is 1. The van der Waals surface area contributed by atoms with Gasteiger partial charge in [-0.15, -0.1) is 0 Å². The molecule has 3 rings (SSSR count). The molecular formula is C18H19BrN2O2. The van der Waals surface area contributed by atoms with Crippen LogP contribution < -0.4 is 5.32 Å². The number of amides is 1. The van der Waals surface area contributed by atoms with Crippen molar-refractivity contribution in [1.82, 2.24) is 10.3 Å². The number of benzene rings is 1. The van der Waals surface area contributed by atoms with Crippen molar-refractivity contribution in [2.24, 2.45) is 0 Å². The van der Waals surface area contributed by atoms with Gasteiger partial charge in [0.2, 0.25) is 0 Å². The number of halogens is 1. The van der Waals surface area contributed by atoms with Crippen molar-refractivity contribution < 1.29 is 9.53 Å². The van der Waals surface area contributed by atoms with Crippen LogP contribution in [-0.4, -0.2) is 30.6 Å². The summed E-state index contributed by atoms with van der Waals surface area (Å²) >= 11 is 3.54. The van der Waals surface area contributed by atoms with E-state index in [4.69, 9.17) is 4.74 Å². The van der Waals surface area contributed by atoms with E-state index in [1.54, 1.807) is 24.5 Å². The van der Waals surface area contributed by atoms with Gasteiger partial charge in [-0.25, -0.2) is 0 Å². The van der Waals surface area contributed by atoms with Crippen molar-refractivity contribution in [1.29, 1.82) is 0 Å². The molecule has 0 radical (unpaired) electrons. The van der Waals surface area contributed by atoms with Crippen LogP contribution in [0.15, 0.2) is 53.3 Å². The van der Waals surface area contributed by atoms with E-state index in [1.807, 2.05) is 12.1 Å². The molecule has 23 heavy (non-hydrogen) atoms. The Hall–Kier alpha value is -1.72. The Morgan fingerprint density at radius 2 is 1.96 bits per heavy atom. The lowest BCUT2D eigenvalue weighted by Gasteiger charge is -2.38. The summed E-state index contributed by atoms with van der Waals surface area (Å²) in [7, 11) is 0. The first kappa shape index (κ1) is 16.1. The molecule has 1 aromatic carbocycles. The fourth-order valence-electron chi connectivity index (χ4n) is 3.00. The first-order valence-electron chi connectivity index (χ1n) is 7.72. The molecule has 120 valence electrons. The summed E-state index contributed by atoms with van der Waals surface area (Å²) in [5, 5.41) is 3.09. The van der Waals surface area contributed by atoms with Gasteiger partial charge in [-0.1, -0.05) is 28.1 Å². The van der Waals surface area contributed by atoms with Gasteiger partial charge in [0.1, 0.15) is 0 Å². The van der Waals surface area contributed by atoms with Crippen molar-refractivity contribution in [2.45, 2.75) is 18.3 Å². The van der Waals surface area contributed by atoms with E-state index in [1.165, 1.54) is 5.56 Å². The Morgan fingerprint density at radius 1 is 1.22 bits per heavy atom. The quantitative estimate of drug-likeness (QED) is 0.892. The average molecular weight is 375 g/mol. The first-order chi connectivity index (χ1) is 11.2. The van der Waals surface area contributed by atoms with Crippen molar-refractivity contribution in [3.63, 3.8) is 0 Å². The minimum Gasteiger partial charge on any atom is -0.381 e. The zero-order chi connectivity index (χ0) is 16.1. The first-order valence-corrected chi connectivity index (χ1v) is 8.51. The Morgan fingerprint density at radius 3 is 2.65 bits per heavy atom. The SMILES string of the molecule is O=C(NCC1(c2cccc(Br)c2)CCOCC1)c1ccncc1. The van der Waals surface area contributed by atoms with Gasteiger partial charge in [0.25, 0.3) is 5.91 Å². The van der Waals surface area contributed by atoms with Crippen molar-refractivity contribution in [2.75, 3.05) is 19.8 Å². The Balaban J connectivity index is 1.79. The maximum absolute atomic E-state index is 12.3. The maximum atomic E-state index is 12.3. The van der Waals surface area contributed by atoms with Crippen molar-refractivity contribution >= 4 is 21.8 Å². The van der Waals surface area contributed by atoms with Crippen LogP contribution in [-0.2, 0) is 10.2 Å². The molecule has 0 unspecified atom stereocenters. The van der Waals surface area contributed by atoms with Crippen molar-refractivity contribution in [3.05, 3.63) is 64.4 Å². The van der Waals surface area contributed by atoms with E-state index in [2.05, 4.69) is 38.4 Å². The van der Waals surface area contributed by atoms with Gasteiger partial charge < -0.3 is 10.1 Å². The van der Waals surface area contributed by atoms with Gasteiger partial charge in [-0.2, -0.15) is 0 Å². The standard InChI is InChI=1S/C18H19BrN2O2/c19-16-3-1-2-15(12-16)18(6-10-23-11-7-18)13-21-17(22)14-4-8-20-9-5-14/h1-5,8-9,12H,6-7,10-11,13H2,(H,21,22). The number of carbonyl (C=O) groups is 1. The third kappa shape index (κ3) is 3.79. The fourth-order valence-corrected chi connectivity index (χ4v) is 3.40. The minimum absolute atomic E-state index is 0.0618. The smallest absolute Gasteiger partial charge is 0.251 e. The topological polar surface area (TPSA) is 51.2 Å². The third-order valence-corrected chi connectivity index (χ3v) is 4.91. The normalized spacial score (nSPS) is 16.7. The van der Waals surface area contributed by atoms with Gasteiger partial charge in [0.15, 0.2) is 0 Å². The monoisotopic (exact) mass is 374 g/mol. The molecule has 4 nitrogen and oxygen atoms in total. The highest BCUT2D eigenvalue weighted by atomic mass is 79.9. The highest BCUT2D eigenvalue weighted by Gasteiger charge is 2.35. The number of aromatic nitrogens is 1. The van der Waals surface area contributed by atoms with E-state index in [9.17, 15) is 4.79 Å². The van der Waals surface area contributed by atoms with Crippen LogP contribution in [0.25, 0.3) is 0 Å². The van der Waals surface area contributed by atoms with E-state index >= 15 is 0 Å². The molecule has 0 spiro atoms. The van der Waals surface area contributed by atoms with E-state index < -0.39 is 0 Å². The number of nitrogens with one attached hydrogen (secondary N) is 1. The number of nitrogens with zero attached hydrogens (tertiary/aromatic N) is 1. The zero-order valence-corrected chi connectivity index (χ0v) is 14.4. The second-order valence-electron chi connectivity index (χ2n) is 5.82. The molecule has 1 saturated heterocycles. The van der Waals surface area contributed by atoms with E-state index in [0.717, 1.165) is 30.5 Å². The van der Waals surface area contributed by atoms with Crippen molar-refractivity contribution in [3.8, 4) is 0 Å². The largest absolute Gasteiger partial charge is 0.381 e. The number of pyridine rings is 1. The van der Waals surface area contributed by atoms with Crippen LogP contribution in [0.2, 0.25) is 0 Å². The summed E-state index contributed by atoms with van der Waals surface area (Å²) in [5.41, 5.74) is 1.80. The molecule has 1 aliphatic heterocycles. The Bertz CT molecular complexity index is 670. The number of rotatable bonds is 4. The molecule has 1 fully saturated rings. The number of hydrogen-bond acceptors (Lipinski definition) is 3. The lowest BCUT2D eigenvalue weighted by molar-refractivity contribution is 0.0487. The Labute approximate surface area is 144 Å². The molecule has 5 heteroatoms. The van der Waals surface area contributed by atoms with Gasteiger partial charge in [-0.05, 0) is 42.7 Å². The maximum Gasteiger partial charge on any atom is 0.251 e. The van der Waals surface area contributed by atoms with E-state index in [0.29, 0.717) is 12.1 Å². The minimum atomic E-state index is -0.0787. The lowest BCUT2D eigenvalue weighted by Crippen LogP contribution is -2.44. The van der Waals surface area contributed by atoms with Gasteiger partial charge in [0.05, 0.1) is 0 Å². The summed E-state index contributed by atoms with van der Waals surface area (Å²) in [5.74, 6) is -0.0618. The molecule has 0 bridgehead atoms. The second kappa shape index (κ2) is 7.23. The molecule has 1 aromatic heterocycles. The summed E-state index contributed by atoms with van der Waals surface area (Å²) in [6, 6.07) is 11.8. The summed E-state index contributed by atoms with van der Waals surface area (Å²) in [4.78, 5) is 16.3. The molecule has 0 atom stereocenters. The van der Waals surface area contributed by atoms with Gasteiger partial charge >= 0.3 is 0 Å². The van der Waals surface area contributed by atoms with Crippen LogP contribution in [0.5, 0.6) is 0 Å². The highest BCUT2D eigenvalue weighted by molar-refractivity contribution is 9.10. The lowest BCUT2D eigenvalue weighted by atomic mass is 9.74. The predicted molar refractivity (Wildman–Crippen MR) is 92.4 cm³/mol. The van der Waals surface area contributed by atoms with Gasteiger partial charge in [0, 0.05) is 47.6 Å². The number of ether oxygens (including phenoxy) is 1. The van der Waals surface area contributed by atoms with Crippen LogP contribution in [0.3, 0.4) is 0 Å². The molecule has 0 aliphatic carbocycles. The number of hydrogen-bond donors (Lipinski definition) is 1. The summed E-state index contributed by atoms with van der Waals surface area (Å²) < 4.78 is 6.59. The summed E-state index contributed by atoms with van der Waals surface area (Å²) in [6.07, 6.45) is 5.07. The molecule has 1 N–H and O–H groups in total. The Kier molecular flexibility index (Phi) is 5.08. The van der Waals surface area contributed by atoms with Gasteiger partial charge in [-0.3, -0.25) is 9.78 Å².